The molecule has 0 atom stereocenters. The highest BCUT2D eigenvalue weighted by molar-refractivity contribution is 6.34. The van der Waals surface area contributed by atoms with Gasteiger partial charge in [-0.1, -0.05) is 48.0 Å². The predicted molar refractivity (Wildman–Crippen MR) is 90.0 cm³/mol. The van der Waals surface area contributed by atoms with E-state index in [0.717, 1.165) is 22.2 Å². The van der Waals surface area contributed by atoms with Crippen LogP contribution in [-0.4, -0.2) is 12.0 Å². The van der Waals surface area contributed by atoms with E-state index in [1.807, 2.05) is 60.5 Å². The van der Waals surface area contributed by atoms with Crippen molar-refractivity contribution in [1.29, 1.82) is 5.26 Å². The molecule has 0 aliphatic carbocycles. The molecule has 3 nitrogen and oxygen atoms in total. The largest absolute Gasteiger partial charge is 0.355 e. The van der Waals surface area contributed by atoms with Crippen LogP contribution < -0.4 is 4.90 Å². The van der Waals surface area contributed by atoms with Gasteiger partial charge in [0.1, 0.15) is 11.0 Å². The Labute approximate surface area is 134 Å². The SMILES string of the molecule is CN(Cc1cccc(C#N)c1)c1cc2ccccc2c(Cl)n1. The Kier molecular flexibility index (Phi) is 3.95. The summed E-state index contributed by atoms with van der Waals surface area (Å²) in [6.07, 6.45) is 0. The third kappa shape index (κ3) is 2.88. The van der Waals surface area contributed by atoms with E-state index in [1.54, 1.807) is 6.07 Å². The minimum absolute atomic E-state index is 0.505. The highest BCUT2D eigenvalue weighted by Gasteiger charge is 2.08. The molecule has 0 bridgehead atoms. The standard InChI is InChI=1S/C18H14ClN3/c1-22(12-14-6-4-5-13(9-14)11-20)17-10-15-7-2-3-8-16(15)18(19)21-17/h2-10H,12H2,1H3. The van der Waals surface area contributed by atoms with Gasteiger partial charge < -0.3 is 4.90 Å². The average Bonchev–Trinajstić information content (AvgIpc) is 2.55. The molecule has 0 aliphatic rings. The molecule has 0 fully saturated rings. The summed E-state index contributed by atoms with van der Waals surface area (Å²) < 4.78 is 0. The Bertz CT molecular complexity index is 868. The van der Waals surface area contributed by atoms with Gasteiger partial charge in [-0.25, -0.2) is 4.98 Å². The smallest absolute Gasteiger partial charge is 0.139 e. The lowest BCUT2D eigenvalue weighted by Crippen LogP contribution is -2.17. The fourth-order valence-corrected chi connectivity index (χ4v) is 2.69. The first kappa shape index (κ1) is 14.4. The van der Waals surface area contributed by atoms with Crippen LogP contribution in [0, 0.1) is 11.3 Å². The van der Waals surface area contributed by atoms with Crippen molar-refractivity contribution in [2.45, 2.75) is 6.54 Å². The molecule has 0 spiro atoms. The Hall–Kier alpha value is -2.57. The average molecular weight is 308 g/mol. The Morgan fingerprint density at radius 2 is 1.95 bits per heavy atom. The maximum absolute atomic E-state index is 8.97. The van der Waals surface area contributed by atoms with Gasteiger partial charge in [-0.15, -0.1) is 0 Å². The fraction of sp³-hybridized carbons (Fsp3) is 0.111. The van der Waals surface area contributed by atoms with Crippen molar-refractivity contribution in [2.24, 2.45) is 0 Å². The van der Waals surface area contributed by atoms with Crippen molar-refractivity contribution in [2.75, 3.05) is 11.9 Å². The summed E-state index contributed by atoms with van der Waals surface area (Å²) >= 11 is 6.28. The molecule has 108 valence electrons. The molecule has 22 heavy (non-hydrogen) atoms. The molecule has 3 aromatic rings. The number of pyridine rings is 1. The molecule has 2 aromatic carbocycles. The highest BCUT2D eigenvalue weighted by Crippen LogP contribution is 2.26. The van der Waals surface area contributed by atoms with Gasteiger partial charge in [0.25, 0.3) is 0 Å². The molecular weight excluding hydrogens is 294 g/mol. The van der Waals surface area contributed by atoms with Crippen molar-refractivity contribution < 1.29 is 0 Å². The topological polar surface area (TPSA) is 39.9 Å². The second-order valence-electron chi connectivity index (χ2n) is 5.16. The third-order valence-electron chi connectivity index (χ3n) is 3.55. The predicted octanol–water partition coefficient (Wildman–Crippen LogP) is 4.40. The molecule has 0 unspecified atom stereocenters. The zero-order chi connectivity index (χ0) is 15.5. The van der Waals surface area contributed by atoms with Gasteiger partial charge in [0.05, 0.1) is 11.6 Å². The summed E-state index contributed by atoms with van der Waals surface area (Å²) in [6, 6.07) is 19.7. The van der Waals surface area contributed by atoms with E-state index in [-0.39, 0.29) is 0 Å². The van der Waals surface area contributed by atoms with Crippen LogP contribution >= 0.6 is 11.6 Å². The summed E-state index contributed by atoms with van der Waals surface area (Å²) in [4.78, 5) is 6.49. The monoisotopic (exact) mass is 307 g/mol. The lowest BCUT2D eigenvalue weighted by Gasteiger charge is -2.19. The molecular formula is C18H14ClN3. The maximum atomic E-state index is 8.97. The number of anilines is 1. The number of nitrogens with zero attached hydrogens (tertiary/aromatic N) is 3. The number of hydrogen-bond donors (Lipinski definition) is 0. The number of rotatable bonds is 3. The van der Waals surface area contributed by atoms with Gasteiger partial charge in [-0.05, 0) is 29.1 Å². The Balaban J connectivity index is 1.91. The van der Waals surface area contributed by atoms with Gasteiger partial charge >= 0.3 is 0 Å². The molecule has 3 rings (SSSR count). The molecule has 0 amide bonds. The minimum Gasteiger partial charge on any atom is -0.355 e. The second kappa shape index (κ2) is 6.05. The molecule has 0 radical (unpaired) electrons. The summed E-state index contributed by atoms with van der Waals surface area (Å²) in [5, 5.41) is 11.5. The molecule has 0 aliphatic heterocycles. The van der Waals surface area contributed by atoms with Crippen molar-refractivity contribution >= 4 is 28.2 Å². The van der Waals surface area contributed by atoms with Gasteiger partial charge in [-0.2, -0.15) is 5.26 Å². The number of aromatic nitrogens is 1. The van der Waals surface area contributed by atoms with E-state index in [1.165, 1.54) is 0 Å². The fourth-order valence-electron chi connectivity index (χ4n) is 2.43. The summed E-state index contributed by atoms with van der Waals surface area (Å²) in [7, 11) is 1.96. The Morgan fingerprint density at radius 3 is 2.77 bits per heavy atom. The van der Waals surface area contributed by atoms with Crippen LogP contribution in [0.15, 0.2) is 54.6 Å². The van der Waals surface area contributed by atoms with E-state index in [4.69, 9.17) is 16.9 Å². The summed E-state index contributed by atoms with van der Waals surface area (Å²) in [5.74, 6) is 0.811. The molecule has 1 aromatic heterocycles. The van der Waals surface area contributed by atoms with Crippen molar-refractivity contribution in [3.05, 3.63) is 70.9 Å². The van der Waals surface area contributed by atoms with Crippen molar-refractivity contribution in [3.63, 3.8) is 0 Å². The molecule has 1 heterocycles. The third-order valence-corrected chi connectivity index (χ3v) is 3.84. The van der Waals surface area contributed by atoms with Gasteiger partial charge in [0, 0.05) is 19.0 Å². The highest BCUT2D eigenvalue weighted by atomic mass is 35.5. The zero-order valence-corrected chi connectivity index (χ0v) is 12.9. The van der Waals surface area contributed by atoms with E-state index in [2.05, 4.69) is 11.1 Å². The lowest BCUT2D eigenvalue weighted by molar-refractivity contribution is 0.900. The molecule has 0 N–H and O–H groups in total. The number of fused-ring (bicyclic) bond motifs is 1. The summed E-state index contributed by atoms with van der Waals surface area (Å²) in [6.45, 7) is 0.664. The normalized spacial score (nSPS) is 10.4. The van der Waals surface area contributed by atoms with E-state index >= 15 is 0 Å². The second-order valence-corrected chi connectivity index (χ2v) is 5.52. The Morgan fingerprint density at radius 1 is 1.14 bits per heavy atom. The molecule has 0 saturated heterocycles. The van der Waals surface area contributed by atoms with Crippen LogP contribution in [0.3, 0.4) is 0 Å². The van der Waals surface area contributed by atoms with Crippen LogP contribution in [0.25, 0.3) is 10.8 Å². The molecule has 4 heteroatoms. The van der Waals surface area contributed by atoms with E-state index < -0.39 is 0 Å². The number of halogens is 1. The van der Waals surface area contributed by atoms with Crippen molar-refractivity contribution in [3.8, 4) is 6.07 Å². The first-order valence-corrected chi connectivity index (χ1v) is 7.30. The first-order chi connectivity index (χ1) is 10.7. The van der Waals surface area contributed by atoms with E-state index in [9.17, 15) is 0 Å². The zero-order valence-electron chi connectivity index (χ0n) is 12.1. The minimum atomic E-state index is 0.505. The van der Waals surface area contributed by atoms with Gasteiger partial charge in [0.15, 0.2) is 0 Å². The van der Waals surface area contributed by atoms with Crippen molar-refractivity contribution in [1.82, 2.24) is 4.98 Å². The lowest BCUT2D eigenvalue weighted by atomic mass is 10.1. The summed E-state index contributed by atoms with van der Waals surface area (Å²) in [5.41, 5.74) is 1.73. The number of hydrogen-bond acceptors (Lipinski definition) is 3. The van der Waals surface area contributed by atoms with Crippen LogP contribution in [0.4, 0.5) is 5.82 Å². The van der Waals surface area contributed by atoms with Crippen LogP contribution in [0.1, 0.15) is 11.1 Å². The maximum Gasteiger partial charge on any atom is 0.139 e. The van der Waals surface area contributed by atoms with Crippen LogP contribution in [-0.2, 0) is 6.54 Å². The van der Waals surface area contributed by atoms with Crippen LogP contribution in [0.2, 0.25) is 5.15 Å². The van der Waals surface area contributed by atoms with E-state index in [0.29, 0.717) is 17.3 Å². The van der Waals surface area contributed by atoms with Gasteiger partial charge in [-0.3, -0.25) is 0 Å². The van der Waals surface area contributed by atoms with Gasteiger partial charge in [0.2, 0.25) is 0 Å². The molecule has 0 saturated carbocycles. The first-order valence-electron chi connectivity index (χ1n) is 6.93. The van der Waals surface area contributed by atoms with Crippen LogP contribution in [0.5, 0.6) is 0 Å². The number of benzene rings is 2. The number of nitriles is 1. The quantitative estimate of drug-likeness (QED) is 0.673.